The summed E-state index contributed by atoms with van der Waals surface area (Å²) >= 11 is 0. The molecule has 0 amide bonds. The fraction of sp³-hybridized carbons (Fsp3) is 1.00. The molecule has 0 aromatic heterocycles. The van der Waals surface area contributed by atoms with Crippen LogP contribution in [0.3, 0.4) is 0 Å². The van der Waals surface area contributed by atoms with Gasteiger partial charge in [0.2, 0.25) is 0 Å². The quantitative estimate of drug-likeness (QED) is 0.752. The van der Waals surface area contributed by atoms with Crippen molar-refractivity contribution < 1.29 is 9.47 Å². The van der Waals surface area contributed by atoms with Gasteiger partial charge in [-0.25, -0.2) is 0 Å². The van der Waals surface area contributed by atoms with Crippen molar-refractivity contribution in [2.75, 3.05) is 26.4 Å². The fourth-order valence-corrected chi connectivity index (χ4v) is 2.30. The van der Waals surface area contributed by atoms with Crippen LogP contribution >= 0.6 is 0 Å². The molecule has 0 spiro atoms. The molecule has 2 aliphatic rings. The molecule has 0 radical (unpaired) electrons. The molecule has 15 heavy (non-hydrogen) atoms. The van der Waals surface area contributed by atoms with E-state index in [0.29, 0.717) is 6.04 Å². The third-order valence-electron chi connectivity index (χ3n) is 3.49. The van der Waals surface area contributed by atoms with E-state index in [0.717, 1.165) is 32.3 Å². The predicted molar refractivity (Wildman–Crippen MR) is 60.0 cm³/mol. The average molecular weight is 213 g/mol. The topological polar surface area (TPSA) is 30.5 Å². The summed E-state index contributed by atoms with van der Waals surface area (Å²) < 4.78 is 10.9. The van der Waals surface area contributed by atoms with Gasteiger partial charge in [-0.2, -0.15) is 0 Å². The zero-order valence-electron chi connectivity index (χ0n) is 9.71. The Bertz CT molecular complexity index is 176. The van der Waals surface area contributed by atoms with E-state index in [1.54, 1.807) is 0 Å². The van der Waals surface area contributed by atoms with Crippen molar-refractivity contribution in [1.82, 2.24) is 5.32 Å². The van der Waals surface area contributed by atoms with Gasteiger partial charge < -0.3 is 14.8 Å². The molecule has 2 fully saturated rings. The lowest BCUT2D eigenvalue weighted by Gasteiger charge is -2.30. The van der Waals surface area contributed by atoms with Crippen LogP contribution in [0, 0.1) is 5.92 Å². The minimum Gasteiger partial charge on any atom is -0.376 e. The third-order valence-corrected chi connectivity index (χ3v) is 3.49. The predicted octanol–water partition coefficient (Wildman–Crippen LogP) is 1.57. The van der Waals surface area contributed by atoms with E-state index in [1.807, 2.05) is 0 Å². The van der Waals surface area contributed by atoms with Crippen molar-refractivity contribution in [3.05, 3.63) is 0 Å². The molecule has 3 heteroatoms. The van der Waals surface area contributed by atoms with E-state index in [1.165, 1.54) is 25.7 Å². The Balaban J connectivity index is 1.55. The fourth-order valence-electron chi connectivity index (χ4n) is 2.30. The molecule has 2 rings (SSSR count). The highest BCUT2D eigenvalue weighted by molar-refractivity contribution is 4.76. The molecular formula is C12H23NO2. The van der Waals surface area contributed by atoms with Crippen LogP contribution in [0.15, 0.2) is 0 Å². The van der Waals surface area contributed by atoms with Gasteiger partial charge >= 0.3 is 0 Å². The van der Waals surface area contributed by atoms with Crippen molar-refractivity contribution in [2.24, 2.45) is 5.92 Å². The molecule has 2 atom stereocenters. The first-order valence-electron chi connectivity index (χ1n) is 6.27. The molecule has 1 aliphatic carbocycles. The summed E-state index contributed by atoms with van der Waals surface area (Å²) in [5.41, 5.74) is 0. The summed E-state index contributed by atoms with van der Waals surface area (Å²) in [5.74, 6) is 0.982. The van der Waals surface area contributed by atoms with E-state index in [4.69, 9.17) is 9.47 Å². The molecule has 0 aromatic rings. The maximum absolute atomic E-state index is 5.59. The zero-order valence-corrected chi connectivity index (χ0v) is 9.71. The molecule has 3 nitrogen and oxygen atoms in total. The summed E-state index contributed by atoms with van der Waals surface area (Å²) in [4.78, 5) is 0. The minimum absolute atomic E-state index is 0.266. The Kier molecular flexibility index (Phi) is 4.42. The highest BCUT2D eigenvalue weighted by Gasteiger charge is 2.21. The minimum atomic E-state index is 0.266. The molecule has 1 aliphatic heterocycles. The standard InChI is InChI=1S/C12H23NO2/c1-10(7-11-3-2-4-11)13-8-12-9-14-5-6-15-12/h10-13H,2-9H2,1H3. The Hall–Kier alpha value is -0.120. The van der Waals surface area contributed by atoms with Crippen LogP contribution in [-0.4, -0.2) is 38.5 Å². The summed E-state index contributed by atoms with van der Waals surface area (Å²) in [5, 5.41) is 3.55. The number of nitrogens with one attached hydrogen (secondary N) is 1. The first-order valence-corrected chi connectivity index (χ1v) is 6.27. The van der Waals surface area contributed by atoms with E-state index < -0.39 is 0 Å². The highest BCUT2D eigenvalue weighted by atomic mass is 16.6. The molecule has 0 aromatic carbocycles. The third kappa shape index (κ3) is 3.74. The largest absolute Gasteiger partial charge is 0.376 e. The van der Waals surface area contributed by atoms with Gasteiger partial charge in [-0.05, 0) is 19.3 Å². The molecule has 0 bridgehead atoms. The number of hydrogen-bond donors (Lipinski definition) is 1. The lowest BCUT2D eigenvalue weighted by atomic mass is 9.81. The van der Waals surface area contributed by atoms with Crippen molar-refractivity contribution in [2.45, 2.75) is 44.8 Å². The Labute approximate surface area is 92.5 Å². The first kappa shape index (κ1) is 11.4. The SMILES string of the molecule is CC(CC1CCC1)NCC1COCCO1. The molecule has 1 saturated heterocycles. The van der Waals surface area contributed by atoms with Crippen molar-refractivity contribution in [1.29, 1.82) is 0 Å². The monoisotopic (exact) mass is 213 g/mol. The zero-order chi connectivity index (χ0) is 10.5. The van der Waals surface area contributed by atoms with Crippen LogP contribution in [-0.2, 0) is 9.47 Å². The highest BCUT2D eigenvalue weighted by Crippen LogP contribution is 2.30. The first-order chi connectivity index (χ1) is 7.34. The Morgan fingerprint density at radius 2 is 2.20 bits per heavy atom. The summed E-state index contributed by atoms with van der Waals surface area (Å²) in [6.45, 7) is 5.48. The molecule has 2 unspecified atom stereocenters. The summed E-state index contributed by atoms with van der Waals surface area (Å²) in [7, 11) is 0. The second-order valence-electron chi connectivity index (χ2n) is 4.91. The van der Waals surface area contributed by atoms with Crippen LogP contribution in [0.5, 0.6) is 0 Å². The molecular weight excluding hydrogens is 190 g/mol. The van der Waals surface area contributed by atoms with Crippen molar-refractivity contribution in [3.8, 4) is 0 Å². The van der Waals surface area contributed by atoms with E-state index in [-0.39, 0.29) is 6.10 Å². The van der Waals surface area contributed by atoms with Crippen LogP contribution in [0.2, 0.25) is 0 Å². The van der Waals surface area contributed by atoms with Crippen LogP contribution in [0.4, 0.5) is 0 Å². The van der Waals surface area contributed by atoms with E-state index in [9.17, 15) is 0 Å². The summed E-state index contributed by atoms with van der Waals surface area (Å²) in [6.07, 6.45) is 5.91. The van der Waals surface area contributed by atoms with Gasteiger partial charge in [0.1, 0.15) is 0 Å². The van der Waals surface area contributed by atoms with Gasteiger partial charge in [-0.15, -0.1) is 0 Å². The van der Waals surface area contributed by atoms with Gasteiger partial charge in [0.15, 0.2) is 0 Å². The van der Waals surface area contributed by atoms with Gasteiger partial charge in [0.25, 0.3) is 0 Å². The number of ether oxygens (including phenoxy) is 2. The second kappa shape index (κ2) is 5.83. The van der Waals surface area contributed by atoms with Gasteiger partial charge in [0.05, 0.1) is 25.9 Å². The van der Waals surface area contributed by atoms with Crippen LogP contribution in [0.1, 0.15) is 32.6 Å². The molecule has 1 N–H and O–H groups in total. The van der Waals surface area contributed by atoms with Gasteiger partial charge in [0, 0.05) is 12.6 Å². The van der Waals surface area contributed by atoms with E-state index in [2.05, 4.69) is 12.2 Å². The van der Waals surface area contributed by atoms with E-state index >= 15 is 0 Å². The smallest absolute Gasteiger partial charge is 0.0933 e. The molecule has 1 heterocycles. The van der Waals surface area contributed by atoms with Gasteiger partial charge in [-0.3, -0.25) is 0 Å². The molecule has 88 valence electrons. The van der Waals surface area contributed by atoms with Crippen LogP contribution in [0.25, 0.3) is 0 Å². The maximum atomic E-state index is 5.59. The second-order valence-corrected chi connectivity index (χ2v) is 4.91. The van der Waals surface area contributed by atoms with Gasteiger partial charge in [-0.1, -0.05) is 19.3 Å². The lowest BCUT2D eigenvalue weighted by Crippen LogP contribution is -2.41. The lowest BCUT2D eigenvalue weighted by molar-refractivity contribution is -0.0871. The maximum Gasteiger partial charge on any atom is 0.0933 e. The average Bonchev–Trinajstić information content (AvgIpc) is 2.22. The van der Waals surface area contributed by atoms with Crippen molar-refractivity contribution in [3.63, 3.8) is 0 Å². The van der Waals surface area contributed by atoms with Crippen LogP contribution < -0.4 is 5.32 Å². The number of rotatable bonds is 5. The molecule has 1 saturated carbocycles. The van der Waals surface area contributed by atoms with Crippen molar-refractivity contribution >= 4 is 0 Å². The normalized spacial score (nSPS) is 29.8. The Morgan fingerprint density at radius 1 is 1.33 bits per heavy atom. The summed E-state index contributed by atoms with van der Waals surface area (Å²) in [6, 6.07) is 0.626. The Morgan fingerprint density at radius 3 is 2.80 bits per heavy atom. The number of hydrogen-bond acceptors (Lipinski definition) is 3.